The molecule has 0 amide bonds. The maximum Gasteiger partial charge on any atom is 0.188 e. The molecule has 3 aromatic heterocycles. The van der Waals surface area contributed by atoms with Gasteiger partial charge in [-0.1, -0.05) is 38.3 Å². The molecule has 5 aromatic rings. The van der Waals surface area contributed by atoms with E-state index in [1.807, 2.05) is 12.1 Å². The predicted octanol–water partition coefficient (Wildman–Crippen LogP) is 4.68. The fourth-order valence-electron chi connectivity index (χ4n) is 3.47. The van der Waals surface area contributed by atoms with Gasteiger partial charge in [-0.05, 0) is 22.4 Å². The van der Waals surface area contributed by atoms with Crippen LogP contribution in [0.2, 0.25) is 0 Å². The number of hydrogen-bond donors (Lipinski definition) is 0. The SMILES string of the molecule is CC(C)(C)c1ccc2c(c1)c1ccc[c-]c1c1nc3nccnc3n21.[Ir]. The first-order valence-corrected chi connectivity index (χ1v) is 8.40. The minimum Gasteiger partial charge on any atom is -0.316 e. The largest absolute Gasteiger partial charge is 0.316 e. The van der Waals surface area contributed by atoms with Gasteiger partial charge in [-0.2, -0.15) is 0 Å². The minimum atomic E-state index is 0. The van der Waals surface area contributed by atoms with Gasteiger partial charge in [-0.25, -0.2) is 9.97 Å². The predicted molar refractivity (Wildman–Crippen MR) is 101 cm³/mol. The molecule has 0 aliphatic rings. The quantitative estimate of drug-likeness (QED) is 0.221. The van der Waals surface area contributed by atoms with Crippen molar-refractivity contribution in [2.45, 2.75) is 26.2 Å². The number of pyridine rings is 1. The fraction of sp³-hybridized carbons (Fsp3) is 0.190. The Morgan fingerprint density at radius 1 is 0.962 bits per heavy atom. The van der Waals surface area contributed by atoms with Gasteiger partial charge in [0.2, 0.25) is 0 Å². The van der Waals surface area contributed by atoms with E-state index in [-0.39, 0.29) is 25.5 Å². The van der Waals surface area contributed by atoms with Crippen LogP contribution in [0.1, 0.15) is 26.3 Å². The number of aromatic nitrogens is 4. The summed E-state index contributed by atoms with van der Waals surface area (Å²) >= 11 is 0. The summed E-state index contributed by atoms with van der Waals surface area (Å²) in [5.41, 5.74) is 4.79. The van der Waals surface area contributed by atoms with E-state index in [0.29, 0.717) is 5.65 Å². The molecule has 131 valence electrons. The van der Waals surface area contributed by atoms with Crippen LogP contribution in [-0.4, -0.2) is 19.4 Å². The first-order valence-electron chi connectivity index (χ1n) is 8.40. The average molecular weight is 518 g/mol. The van der Waals surface area contributed by atoms with Crippen LogP contribution in [0.25, 0.3) is 38.6 Å². The zero-order valence-electron chi connectivity index (χ0n) is 14.7. The van der Waals surface area contributed by atoms with Crippen molar-refractivity contribution in [1.82, 2.24) is 19.4 Å². The summed E-state index contributed by atoms with van der Waals surface area (Å²) in [5, 5.41) is 3.35. The third-order valence-electron chi connectivity index (χ3n) is 4.77. The summed E-state index contributed by atoms with van der Waals surface area (Å²) in [6.45, 7) is 6.71. The van der Waals surface area contributed by atoms with Crippen LogP contribution in [0.5, 0.6) is 0 Å². The smallest absolute Gasteiger partial charge is 0.188 e. The number of rotatable bonds is 0. The van der Waals surface area contributed by atoms with Crippen LogP contribution in [0.3, 0.4) is 0 Å². The van der Waals surface area contributed by atoms with E-state index in [1.165, 1.54) is 10.9 Å². The molecular formula is C21H17IrN4-. The molecule has 3 heterocycles. The van der Waals surface area contributed by atoms with E-state index in [2.05, 4.69) is 65.5 Å². The van der Waals surface area contributed by atoms with Gasteiger partial charge in [0, 0.05) is 38.0 Å². The van der Waals surface area contributed by atoms with E-state index < -0.39 is 0 Å². The Hall–Kier alpha value is -2.36. The molecule has 0 unspecified atom stereocenters. The Kier molecular flexibility index (Phi) is 3.83. The Morgan fingerprint density at radius 3 is 2.58 bits per heavy atom. The molecule has 0 bridgehead atoms. The van der Waals surface area contributed by atoms with Crippen molar-refractivity contribution >= 4 is 38.6 Å². The van der Waals surface area contributed by atoms with Gasteiger partial charge in [-0.15, -0.1) is 29.7 Å². The summed E-state index contributed by atoms with van der Waals surface area (Å²) in [6.07, 6.45) is 3.39. The summed E-state index contributed by atoms with van der Waals surface area (Å²) < 4.78 is 2.10. The topological polar surface area (TPSA) is 43.1 Å². The van der Waals surface area contributed by atoms with Gasteiger partial charge in [0.15, 0.2) is 11.3 Å². The number of imidazole rings is 1. The van der Waals surface area contributed by atoms with Crippen molar-refractivity contribution in [2.24, 2.45) is 0 Å². The Morgan fingerprint density at radius 2 is 1.77 bits per heavy atom. The molecule has 5 rings (SSSR count). The van der Waals surface area contributed by atoms with Gasteiger partial charge >= 0.3 is 0 Å². The van der Waals surface area contributed by atoms with Crippen molar-refractivity contribution in [3.05, 3.63) is 60.4 Å². The second-order valence-corrected chi connectivity index (χ2v) is 7.42. The van der Waals surface area contributed by atoms with E-state index in [1.54, 1.807) is 12.4 Å². The molecule has 0 atom stereocenters. The molecule has 0 aliphatic carbocycles. The second kappa shape index (κ2) is 5.83. The summed E-state index contributed by atoms with van der Waals surface area (Å²) in [5.74, 6) is 0. The van der Waals surface area contributed by atoms with Crippen molar-refractivity contribution in [1.29, 1.82) is 0 Å². The zero-order valence-corrected chi connectivity index (χ0v) is 17.1. The molecule has 0 saturated carbocycles. The molecule has 5 heteroatoms. The number of nitrogens with zero attached hydrogens (tertiary/aromatic N) is 4. The van der Waals surface area contributed by atoms with Crippen LogP contribution >= 0.6 is 0 Å². The molecule has 26 heavy (non-hydrogen) atoms. The van der Waals surface area contributed by atoms with Gasteiger partial charge < -0.3 is 4.40 Å². The van der Waals surface area contributed by atoms with E-state index in [0.717, 1.165) is 27.6 Å². The normalized spacial score (nSPS) is 12.1. The Balaban J connectivity index is 0.00000168. The molecule has 0 spiro atoms. The van der Waals surface area contributed by atoms with Gasteiger partial charge in [0.25, 0.3) is 0 Å². The van der Waals surface area contributed by atoms with Crippen molar-refractivity contribution in [2.75, 3.05) is 0 Å². The van der Waals surface area contributed by atoms with Crippen LogP contribution in [0, 0.1) is 6.07 Å². The van der Waals surface area contributed by atoms with Crippen molar-refractivity contribution < 1.29 is 20.1 Å². The van der Waals surface area contributed by atoms with Crippen LogP contribution in [0.15, 0.2) is 48.8 Å². The minimum absolute atomic E-state index is 0. The average Bonchev–Trinajstić information content (AvgIpc) is 3.00. The molecular weight excluding hydrogens is 500 g/mol. The Labute approximate surface area is 164 Å². The first kappa shape index (κ1) is 17.1. The van der Waals surface area contributed by atoms with E-state index in [9.17, 15) is 0 Å². The maximum absolute atomic E-state index is 4.72. The fourth-order valence-corrected chi connectivity index (χ4v) is 3.47. The standard InChI is InChI=1S/C21H17N4.Ir/c1-21(2,3)13-8-9-17-16(12-13)14-6-4-5-7-15(14)19-24-18-20(25(17)19)23-11-10-22-18;/h4-6,8-12H,1-3H3;/q-1;. The zero-order chi connectivity index (χ0) is 17.2. The summed E-state index contributed by atoms with van der Waals surface area (Å²) in [7, 11) is 0. The molecule has 1 radical (unpaired) electrons. The van der Waals surface area contributed by atoms with Gasteiger partial charge in [0.1, 0.15) is 0 Å². The first-order chi connectivity index (χ1) is 12.0. The maximum atomic E-state index is 4.72. The van der Waals surface area contributed by atoms with Crippen molar-refractivity contribution in [3.8, 4) is 0 Å². The van der Waals surface area contributed by atoms with Gasteiger partial charge in [0.05, 0.1) is 5.65 Å². The number of fused-ring (bicyclic) bond motifs is 8. The molecule has 0 saturated heterocycles. The Bertz CT molecular complexity index is 1280. The van der Waals surface area contributed by atoms with Crippen LogP contribution < -0.4 is 0 Å². The van der Waals surface area contributed by atoms with Crippen LogP contribution in [0.4, 0.5) is 0 Å². The molecule has 4 nitrogen and oxygen atoms in total. The summed E-state index contributed by atoms with van der Waals surface area (Å²) in [4.78, 5) is 13.6. The third-order valence-corrected chi connectivity index (χ3v) is 4.77. The summed E-state index contributed by atoms with van der Waals surface area (Å²) in [6, 6.07) is 16.1. The third kappa shape index (κ3) is 2.35. The second-order valence-electron chi connectivity index (χ2n) is 7.42. The van der Waals surface area contributed by atoms with E-state index in [4.69, 9.17) is 4.98 Å². The number of hydrogen-bond acceptors (Lipinski definition) is 3. The number of benzene rings is 2. The van der Waals surface area contributed by atoms with Gasteiger partial charge in [-0.3, -0.25) is 4.98 Å². The molecule has 2 aromatic carbocycles. The van der Waals surface area contributed by atoms with Crippen LogP contribution in [-0.2, 0) is 25.5 Å². The molecule has 0 N–H and O–H groups in total. The van der Waals surface area contributed by atoms with Crippen molar-refractivity contribution in [3.63, 3.8) is 0 Å². The molecule has 0 fully saturated rings. The molecule has 0 aliphatic heterocycles. The van der Waals surface area contributed by atoms with E-state index >= 15 is 0 Å². The monoisotopic (exact) mass is 518 g/mol.